The number of hydrogen-bond donors (Lipinski definition) is 0. The van der Waals surface area contributed by atoms with Crippen molar-refractivity contribution in [2.45, 2.75) is 0 Å². The molecule has 0 aromatic heterocycles. The lowest BCUT2D eigenvalue weighted by molar-refractivity contribution is -0.153. The van der Waals surface area contributed by atoms with Gasteiger partial charge in [-0.2, -0.15) is 17.6 Å². The van der Waals surface area contributed by atoms with E-state index in [2.05, 4.69) is 48.2 Å². The molecule has 4 aromatic rings. The number of ether oxygens (including phenoxy) is 4. The van der Waals surface area contributed by atoms with Gasteiger partial charge >= 0.3 is 29.9 Å². The molecule has 0 saturated heterocycles. The van der Waals surface area contributed by atoms with Crippen LogP contribution in [0.25, 0.3) is 0 Å². The van der Waals surface area contributed by atoms with E-state index in [9.17, 15) is 46.3 Å². The Morgan fingerprint density at radius 1 is 0.444 bits per heavy atom. The van der Waals surface area contributed by atoms with Crippen molar-refractivity contribution in [3.63, 3.8) is 0 Å². The van der Waals surface area contributed by atoms with Crippen LogP contribution < -0.4 is 18.9 Å². The van der Waals surface area contributed by atoms with Crippen LogP contribution in [0, 0.1) is 23.7 Å². The summed E-state index contributed by atoms with van der Waals surface area (Å²) in [5, 5.41) is 0. The van der Waals surface area contributed by atoms with Crippen LogP contribution in [0.4, 0.5) is 17.6 Å². The van der Waals surface area contributed by atoms with Gasteiger partial charge < -0.3 is 18.9 Å². The van der Waals surface area contributed by atoms with E-state index in [0.717, 1.165) is 12.1 Å². The molecule has 4 aromatic carbocycles. The smallest absolute Gasteiger partial charge is 0.414 e. The third-order valence-electron chi connectivity index (χ3n) is 6.53. The van der Waals surface area contributed by atoms with Gasteiger partial charge in [-0.05, 0) is 72.8 Å². The molecule has 0 atom stereocenters. The van der Waals surface area contributed by atoms with Crippen molar-refractivity contribution in [3.05, 3.63) is 156 Å². The van der Waals surface area contributed by atoms with E-state index in [4.69, 9.17) is 14.2 Å². The molecule has 0 aliphatic rings. The summed E-state index contributed by atoms with van der Waals surface area (Å²) in [5.74, 6) is -0.899. The van der Waals surface area contributed by atoms with E-state index < -0.39 is 53.2 Å². The fourth-order valence-corrected chi connectivity index (χ4v) is 3.98. The first-order valence-corrected chi connectivity index (χ1v) is 14.8. The third kappa shape index (κ3) is 10.6. The normalized spacial score (nSPS) is 9.85. The lowest BCUT2D eigenvalue weighted by atomic mass is 10.0. The Bertz CT molecular complexity index is 2370. The van der Waals surface area contributed by atoms with Crippen molar-refractivity contribution in [2.75, 3.05) is 0 Å². The molecule has 0 heterocycles. The lowest BCUT2D eigenvalue weighted by Crippen LogP contribution is -2.15. The summed E-state index contributed by atoms with van der Waals surface area (Å²) < 4.78 is 72.2. The quantitative estimate of drug-likeness (QED) is 0.0267. The SMILES string of the molecule is C=C(F)C(=O)Oc1ccc(C#Cc2cc(OC(=O)C(=C)F)c(C#Cc3ccc(C(=O)c4ccc(OC(=O)C(=O)F)cc4)cc3)cc2OC(=O)C(=C)F)cc1. The van der Waals surface area contributed by atoms with Crippen LogP contribution in [-0.4, -0.2) is 35.7 Å². The number of carbonyl (C=O) groups excluding carboxylic acids is 6. The highest BCUT2D eigenvalue weighted by molar-refractivity contribution is 6.29. The maximum Gasteiger partial charge on any atom is 0.414 e. The van der Waals surface area contributed by atoms with Crippen molar-refractivity contribution in [1.82, 2.24) is 0 Å². The predicted molar refractivity (Wildman–Crippen MR) is 181 cm³/mol. The summed E-state index contributed by atoms with van der Waals surface area (Å²) in [6.07, 6.45) is 0. The average Bonchev–Trinajstić information content (AvgIpc) is 3.14. The molecule has 54 heavy (non-hydrogen) atoms. The molecule has 0 fully saturated rings. The predicted octanol–water partition coefficient (Wildman–Crippen LogP) is 6.28. The highest BCUT2D eigenvalue weighted by Gasteiger charge is 2.19. The molecule has 0 spiro atoms. The molecule has 0 saturated carbocycles. The fourth-order valence-electron chi connectivity index (χ4n) is 3.98. The molecule has 0 aliphatic heterocycles. The highest BCUT2D eigenvalue weighted by Crippen LogP contribution is 2.30. The highest BCUT2D eigenvalue weighted by atomic mass is 19.1. The monoisotopic (exact) mass is 736 g/mol. The first-order chi connectivity index (χ1) is 25.6. The van der Waals surface area contributed by atoms with Crippen LogP contribution in [0.15, 0.2) is 122 Å². The standard InChI is InChI=1S/C40H20F4O10/c1-22(41)37(47)51-31-16-8-26(9-17-31)7-13-30-21-33(53-38(48)23(2)42)29(20-34(30)54-39(49)24(3)43)12-6-25-4-10-27(11-5-25)35(45)28-14-18-32(19-15-28)52-40(50)36(44)46/h4-5,8-11,14-21H,1-3H2. The number of hydrogen-bond acceptors (Lipinski definition) is 10. The second-order valence-electron chi connectivity index (χ2n) is 10.3. The maximum absolute atomic E-state index is 13.7. The van der Waals surface area contributed by atoms with E-state index in [1.807, 2.05) is 0 Å². The van der Waals surface area contributed by atoms with Crippen LogP contribution in [0.1, 0.15) is 38.2 Å². The zero-order valence-electron chi connectivity index (χ0n) is 27.3. The van der Waals surface area contributed by atoms with Crippen LogP contribution >= 0.6 is 0 Å². The molecule has 4 rings (SSSR count). The average molecular weight is 737 g/mol. The molecule has 14 heteroatoms. The first kappa shape index (κ1) is 39.0. The van der Waals surface area contributed by atoms with Gasteiger partial charge in [-0.15, -0.1) is 0 Å². The zero-order chi connectivity index (χ0) is 39.5. The van der Waals surface area contributed by atoms with E-state index in [-0.39, 0.29) is 50.8 Å². The summed E-state index contributed by atoms with van der Waals surface area (Å²) >= 11 is 0. The van der Waals surface area contributed by atoms with Gasteiger partial charge in [-0.25, -0.2) is 24.0 Å². The Morgan fingerprint density at radius 2 is 0.778 bits per heavy atom. The van der Waals surface area contributed by atoms with Crippen molar-refractivity contribution in [3.8, 4) is 46.7 Å². The number of benzene rings is 4. The topological polar surface area (TPSA) is 139 Å². The summed E-state index contributed by atoms with van der Waals surface area (Å²) in [6, 6.07) is 15.9. The van der Waals surface area contributed by atoms with Crippen molar-refractivity contribution >= 4 is 35.7 Å². The molecule has 10 nitrogen and oxygen atoms in total. The fraction of sp³-hybridized carbons (Fsp3) is 0. The van der Waals surface area contributed by atoms with Crippen LogP contribution in [0.3, 0.4) is 0 Å². The minimum atomic E-state index is -2.28. The minimum absolute atomic E-state index is 0.0296. The maximum atomic E-state index is 13.7. The molecule has 0 amide bonds. The molecule has 0 unspecified atom stereocenters. The Hall–Kier alpha value is -7.84. The van der Waals surface area contributed by atoms with E-state index in [1.54, 1.807) is 0 Å². The third-order valence-corrected chi connectivity index (χ3v) is 6.53. The minimum Gasteiger partial charge on any atom is -0.421 e. The Morgan fingerprint density at radius 3 is 1.17 bits per heavy atom. The van der Waals surface area contributed by atoms with E-state index in [1.165, 1.54) is 72.8 Å². The molecular weight excluding hydrogens is 716 g/mol. The molecule has 0 N–H and O–H groups in total. The number of esters is 4. The van der Waals surface area contributed by atoms with Gasteiger partial charge in [0.05, 0.1) is 11.1 Å². The molecule has 268 valence electrons. The van der Waals surface area contributed by atoms with Gasteiger partial charge in [0.2, 0.25) is 17.5 Å². The van der Waals surface area contributed by atoms with Gasteiger partial charge in [0.15, 0.2) is 5.78 Å². The first-order valence-electron chi connectivity index (χ1n) is 14.8. The molecular formula is C40H20F4O10. The van der Waals surface area contributed by atoms with Gasteiger partial charge in [-0.3, -0.25) is 4.79 Å². The Kier molecular flexibility index (Phi) is 12.5. The number of halogens is 4. The summed E-state index contributed by atoms with van der Waals surface area (Å²) in [6.45, 7) is 8.63. The molecule has 0 bridgehead atoms. The second-order valence-corrected chi connectivity index (χ2v) is 10.3. The molecule has 0 radical (unpaired) electrons. The zero-order valence-corrected chi connectivity index (χ0v) is 27.3. The van der Waals surface area contributed by atoms with Crippen LogP contribution in [0.2, 0.25) is 0 Å². The van der Waals surface area contributed by atoms with Gasteiger partial charge in [0.25, 0.3) is 0 Å². The second kappa shape index (κ2) is 17.4. The number of carbonyl (C=O) groups is 6. The van der Waals surface area contributed by atoms with Crippen molar-refractivity contribution in [2.24, 2.45) is 0 Å². The van der Waals surface area contributed by atoms with Gasteiger partial charge in [0, 0.05) is 34.4 Å². The van der Waals surface area contributed by atoms with Gasteiger partial charge in [-0.1, -0.05) is 43.4 Å². The summed E-state index contributed by atoms with van der Waals surface area (Å²) in [4.78, 5) is 70.2. The van der Waals surface area contributed by atoms with Crippen LogP contribution in [0.5, 0.6) is 23.0 Å². The lowest BCUT2D eigenvalue weighted by Gasteiger charge is -2.11. The number of ketones is 1. The van der Waals surface area contributed by atoms with Crippen molar-refractivity contribution < 1.29 is 65.3 Å². The van der Waals surface area contributed by atoms with Crippen LogP contribution in [-0.2, 0) is 24.0 Å². The Labute approximate surface area is 302 Å². The molecule has 0 aliphatic carbocycles. The number of rotatable bonds is 10. The van der Waals surface area contributed by atoms with E-state index >= 15 is 0 Å². The summed E-state index contributed by atoms with van der Waals surface area (Å²) in [5.41, 5.74) is 0.614. The summed E-state index contributed by atoms with van der Waals surface area (Å²) in [7, 11) is 0. The Balaban J connectivity index is 1.67. The van der Waals surface area contributed by atoms with Gasteiger partial charge in [0.1, 0.15) is 23.0 Å². The van der Waals surface area contributed by atoms with E-state index in [0.29, 0.717) is 5.56 Å². The largest absolute Gasteiger partial charge is 0.421 e. The van der Waals surface area contributed by atoms with Crippen molar-refractivity contribution in [1.29, 1.82) is 0 Å².